The zero-order valence-corrected chi connectivity index (χ0v) is 13.5. The van der Waals surface area contributed by atoms with Crippen molar-refractivity contribution in [2.45, 2.75) is 4.82 Å². The first-order valence-electron chi connectivity index (χ1n) is 5.75. The third-order valence-electron chi connectivity index (χ3n) is 2.65. The summed E-state index contributed by atoms with van der Waals surface area (Å²) in [6, 6.07) is 19.1. The predicted octanol–water partition coefficient (Wildman–Crippen LogP) is 3.16. The van der Waals surface area contributed by atoms with Crippen LogP contribution in [0.3, 0.4) is 0 Å². The molecule has 0 spiro atoms. The van der Waals surface area contributed by atoms with Crippen LogP contribution in [0.25, 0.3) is 0 Å². The van der Waals surface area contributed by atoms with Crippen LogP contribution in [-0.4, -0.2) is 27.4 Å². The van der Waals surface area contributed by atoms with Gasteiger partial charge < -0.3 is 0 Å². The van der Waals surface area contributed by atoms with Gasteiger partial charge in [0.25, 0.3) is 0 Å². The summed E-state index contributed by atoms with van der Waals surface area (Å²) < 4.78 is 6.63. The Kier molecular flexibility index (Phi) is 5.30. The van der Waals surface area contributed by atoms with Crippen molar-refractivity contribution in [2.75, 3.05) is 12.4 Å². The molecule has 0 aliphatic heterocycles. The predicted molar refractivity (Wildman–Crippen MR) is 81.4 cm³/mol. The van der Waals surface area contributed by atoms with Crippen LogP contribution in [-0.2, 0) is 0 Å². The summed E-state index contributed by atoms with van der Waals surface area (Å²) in [5.41, 5.74) is 1.37. The second-order valence-electron chi connectivity index (χ2n) is 3.85. The molecule has 1 nitrogen and oxygen atoms in total. The van der Waals surface area contributed by atoms with E-state index in [4.69, 9.17) is 4.74 Å². The first-order valence-corrected chi connectivity index (χ1v) is 8.72. The van der Waals surface area contributed by atoms with Crippen molar-refractivity contribution in [1.82, 2.24) is 0 Å². The minimum absolute atomic E-state index is 0.444. The average Bonchev–Trinajstić information content (AvgIpc) is 2.46. The number of halogens is 1. The fraction of sp³-hybridized carbons (Fsp3) is 0.200. The molecule has 3 heteroatoms. The summed E-state index contributed by atoms with van der Waals surface area (Å²) in [5.74, 6) is 0.916. The summed E-state index contributed by atoms with van der Waals surface area (Å²) in [6.45, 7) is 0. The SMILES string of the molecule is COc1ccc(C(CBr)[Se]c2ccccc2)cc1. The van der Waals surface area contributed by atoms with Crippen molar-refractivity contribution in [2.24, 2.45) is 0 Å². The van der Waals surface area contributed by atoms with Gasteiger partial charge in [0.05, 0.1) is 0 Å². The van der Waals surface area contributed by atoms with Crippen LogP contribution >= 0.6 is 15.9 Å². The van der Waals surface area contributed by atoms with Gasteiger partial charge in [-0.3, -0.25) is 0 Å². The second-order valence-corrected chi connectivity index (χ2v) is 7.17. The van der Waals surface area contributed by atoms with Crippen LogP contribution in [0, 0.1) is 0 Å². The van der Waals surface area contributed by atoms with Crippen LogP contribution in [0.5, 0.6) is 5.75 Å². The van der Waals surface area contributed by atoms with Gasteiger partial charge in [-0.15, -0.1) is 0 Å². The number of benzene rings is 2. The molecule has 0 radical (unpaired) electrons. The van der Waals surface area contributed by atoms with Gasteiger partial charge in [0.15, 0.2) is 0 Å². The molecule has 0 N–H and O–H groups in total. The van der Waals surface area contributed by atoms with Crippen molar-refractivity contribution in [1.29, 1.82) is 0 Å². The van der Waals surface area contributed by atoms with Gasteiger partial charge in [-0.2, -0.15) is 0 Å². The summed E-state index contributed by atoms with van der Waals surface area (Å²) >= 11 is 4.07. The molecule has 0 aromatic heterocycles. The molecular formula is C15H15BrOSe. The molecule has 2 rings (SSSR count). The van der Waals surface area contributed by atoms with E-state index in [2.05, 4.69) is 58.4 Å². The molecule has 1 atom stereocenters. The molecular weight excluding hydrogens is 355 g/mol. The number of methoxy groups -OCH3 is 1. The van der Waals surface area contributed by atoms with Crippen molar-refractivity contribution < 1.29 is 4.74 Å². The Bertz CT molecular complexity index is 470. The van der Waals surface area contributed by atoms with E-state index >= 15 is 0 Å². The van der Waals surface area contributed by atoms with Gasteiger partial charge in [0, 0.05) is 0 Å². The number of ether oxygens (including phenoxy) is 1. The molecule has 0 aliphatic rings. The third kappa shape index (κ3) is 3.61. The van der Waals surface area contributed by atoms with Crippen LogP contribution < -0.4 is 9.20 Å². The Morgan fingerprint density at radius 2 is 1.72 bits per heavy atom. The van der Waals surface area contributed by atoms with E-state index in [0.29, 0.717) is 19.8 Å². The molecule has 0 fully saturated rings. The third-order valence-corrected chi connectivity index (χ3v) is 6.92. The van der Waals surface area contributed by atoms with Gasteiger partial charge in [-0.25, -0.2) is 0 Å². The zero-order chi connectivity index (χ0) is 12.8. The van der Waals surface area contributed by atoms with Crippen LogP contribution in [0.4, 0.5) is 0 Å². The average molecular weight is 370 g/mol. The van der Waals surface area contributed by atoms with Crippen LogP contribution in [0.1, 0.15) is 10.4 Å². The summed E-state index contributed by atoms with van der Waals surface area (Å²) in [4.78, 5) is 0.561. The molecule has 18 heavy (non-hydrogen) atoms. The van der Waals surface area contributed by atoms with E-state index < -0.39 is 0 Å². The van der Waals surface area contributed by atoms with E-state index in [0.717, 1.165) is 11.1 Å². The van der Waals surface area contributed by atoms with Crippen molar-refractivity contribution in [3.63, 3.8) is 0 Å². The molecule has 0 bridgehead atoms. The minimum atomic E-state index is 0.444. The fourth-order valence-corrected chi connectivity index (χ4v) is 4.83. The quantitative estimate of drug-likeness (QED) is 0.581. The van der Waals surface area contributed by atoms with Crippen molar-refractivity contribution in [3.05, 3.63) is 60.2 Å². The van der Waals surface area contributed by atoms with Gasteiger partial charge in [-0.05, 0) is 0 Å². The molecule has 0 saturated carbocycles. The van der Waals surface area contributed by atoms with E-state index in [1.165, 1.54) is 10.0 Å². The number of hydrogen-bond donors (Lipinski definition) is 0. The Hall–Kier alpha value is -0.761. The Labute approximate surface area is 123 Å². The van der Waals surface area contributed by atoms with Gasteiger partial charge in [0.1, 0.15) is 0 Å². The van der Waals surface area contributed by atoms with Crippen LogP contribution in [0.2, 0.25) is 0 Å². The Morgan fingerprint density at radius 1 is 1.06 bits per heavy atom. The summed E-state index contributed by atoms with van der Waals surface area (Å²) in [6.07, 6.45) is 0. The standard InChI is InChI=1S/C15H15BrOSe/c1-17-13-9-7-12(8-10-13)15(11-16)18-14-5-3-2-4-6-14/h2-10,15H,11H2,1H3. The van der Waals surface area contributed by atoms with Gasteiger partial charge >= 0.3 is 123 Å². The fourth-order valence-electron chi connectivity index (χ4n) is 1.67. The van der Waals surface area contributed by atoms with E-state index in [1.807, 2.05) is 12.1 Å². The number of hydrogen-bond acceptors (Lipinski definition) is 1. The van der Waals surface area contributed by atoms with E-state index in [1.54, 1.807) is 7.11 Å². The Morgan fingerprint density at radius 3 is 2.28 bits per heavy atom. The van der Waals surface area contributed by atoms with Crippen LogP contribution in [0.15, 0.2) is 54.6 Å². The van der Waals surface area contributed by atoms with Gasteiger partial charge in [-0.1, -0.05) is 0 Å². The van der Waals surface area contributed by atoms with Gasteiger partial charge in [0.2, 0.25) is 0 Å². The molecule has 0 aliphatic carbocycles. The molecule has 0 saturated heterocycles. The molecule has 0 heterocycles. The Balaban J connectivity index is 2.12. The monoisotopic (exact) mass is 370 g/mol. The van der Waals surface area contributed by atoms with Crippen molar-refractivity contribution >= 4 is 35.3 Å². The molecule has 94 valence electrons. The normalized spacial score (nSPS) is 12.1. The second kappa shape index (κ2) is 6.98. The summed E-state index contributed by atoms with van der Waals surface area (Å²) in [5, 5.41) is 0.994. The van der Waals surface area contributed by atoms with E-state index in [9.17, 15) is 0 Å². The maximum absolute atomic E-state index is 5.19. The molecule has 0 amide bonds. The first-order chi connectivity index (χ1) is 8.83. The summed E-state index contributed by atoms with van der Waals surface area (Å²) in [7, 11) is 1.70. The topological polar surface area (TPSA) is 9.23 Å². The molecule has 1 unspecified atom stereocenters. The number of alkyl halides is 1. The first kappa shape index (κ1) is 13.7. The molecule has 2 aromatic carbocycles. The number of rotatable bonds is 5. The molecule has 2 aromatic rings. The van der Waals surface area contributed by atoms with Crippen molar-refractivity contribution in [3.8, 4) is 5.75 Å². The maximum atomic E-state index is 5.19. The van der Waals surface area contributed by atoms with E-state index in [-0.39, 0.29) is 0 Å². The zero-order valence-electron chi connectivity index (χ0n) is 10.2.